The van der Waals surface area contributed by atoms with Gasteiger partial charge in [0.1, 0.15) is 0 Å². The average molecular weight is 163 g/mol. The number of halogens is 1. The number of esters is 1. The minimum absolute atomic E-state index is 0.312. The number of cyclic esters (lactones) is 1. The van der Waals surface area contributed by atoms with E-state index in [0.717, 1.165) is 0 Å². The standard InChI is InChI=1S/C6H7ClO3/c1-2-9-6-4(7)3-5(8)10-6/h3,6H,2H2,1H3. The third-order valence-corrected chi connectivity index (χ3v) is 1.31. The molecule has 0 aromatic heterocycles. The molecular weight excluding hydrogens is 156 g/mol. The van der Waals surface area contributed by atoms with Gasteiger partial charge in [-0.15, -0.1) is 0 Å². The summed E-state index contributed by atoms with van der Waals surface area (Å²) in [5.41, 5.74) is 0. The van der Waals surface area contributed by atoms with E-state index in [-0.39, 0.29) is 0 Å². The van der Waals surface area contributed by atoms with Gasteiger partial charge in [0.15, 0.2) is 0 Å². The van der Waals surface area contributed by atoms with E-state index in [2.05, 4.69) is 4.74 Å². The van der Waals surface area contributed by atoms with Gasteiger partial charge in [-0.2, -0.15) is 0 Å². The van der Waals surface area contributed by atoms with Gasteiger partial charge in [-0.3, -0.25) is 0 Å². The summed E-state index contributed by atoms with van der Waals surface area (Å²) in [6.45, 7) is 2.28. The van der Waals surface area contributed by atoms with Gasteiger partial charge in [0.05, 0.1) is 5.03 Å². The Morgan fingerprint density at radius 2 is 2.60 bits per heavy atom. The molecule has 0 saturated heterocycles. The maximum absolute atomic E-state index is 10.5. The molecule has 1 aliphatic rings. The molecule has 0 aromatic rings. The van der Waals surface area contributed by atoms with Crippen LogP contribution >= 0.6 is 11.6 Å². The van der Waals surface area contributed by atoms with Crippen LogP contribution in [0.3, 0.4) is 0 Å². The van der Waals surface area contributed by atoms with E-state index >= 15 is 0 Å². The van der Waals surface area contributed by atoms with Crippen molar-refractivity contribution in [3.63, 3.8) is 0 Å². The zero-order chi connectivity index (χ0) is 7.56. The molecule has 1 aliphatic heterocycles. The van der Waals surface area contributed by atoms with E-state index in [4.69, 9.17) is 16.3 Å². The summed E-state index contributed by atoms with van der Waals surface area (Å²) in [6, 6.07) is 0. The first-order valence-electron chi connectivity index (χ1n) is 2.93. The van der Waals surface area contributed by atoms with E-state index in [1.807, 2.05) is 0 Å². The Morgan fingerprint density at radius 3 is 3.00 bits per heavy atom. The fourth-order valence-electron chi connectivity index (χ4n) is 0.641. The van der Waals surface area contributed by atoms with Crippen LogP contribution in [0.25, 0.3) is 0 Å². The first-order valence-corrected chi connectivity index (χ1v) is 3.31. The summed E-state index contributed by atoms with van der Waals surface area (Å²) < 4.78 is 9.57. The summed E-state index contributed by atoms with van der Waals surface area (Å²) >= 11 is 5.54. The Labute approximate surface area is 63.6 Å². The Morgan fingerprint density at radius 1 is 1.90 bits per heavy atom. The van der Waals surface area contributed by atoms with Crippen LogP contribution in [0.15, 0.2) is 11.1 Å². The van der Waals surface area contributed by atoms with Gasteiger partial charge in [-0.05, 0) is 6.92 Å². The maximum atomic E-state index is 10.5. The van der Waals surface area contributed by atoms with Crippen molar-refractivity contribution in [1.82, 2.24) is 0 Å². The third kappa shape index (κ3) is 1.49. The molecule has 0 radical (unpaired) electrons. The van der Waals surface area contributed by atoms with Crippen molar-refractivity contribution in [1.29, 1.82) is 0 Å². The van der Waals surface area contributed by atoms with Crippen molar-refractivity contribution in [3.8, 4) is 0 Å². The summed E-state index contributed by atoms with van der Waals surface area (Å²) in [5, 5.41) is 0.312. The number of rotatable bonds is 2. The number of hydrogen-bond acceptors (Lipinski definition) is 3. The molecule has 56 valence electrons. The van der Waals surface area contributed by atoms with Gasteiger partial charge in [0.25, 0.3) is 0 Å². The van der Waals surface area contributed by atoms with Crippen LogP contribution in [0.4, 0.5) is 0 Å². The van der Waals surface area contributed by atoms with E-state index in [0.29, 0.717) is 11.6 Å². The summed E-state index contributed by atoms with van der Waals surface area (Å²) in [5.74, 6) is -0.441. The SMILES string of the molecule is CCOC1OC(=O)C=C1Cl. The Kier molecular flexibility index (Phi) is 2.29. The Hall–Kier alpha value is -0.540. The zero-order valence-electron chi connectivity index (χ0n) is 5.46. The predicted octanol–water partition coefficient (Wildman–Crippen LogP) is 1.03. The minimum Gasteiger partial charge on any atom is -0.427 e. The average Bonchev–Trinajstić information content (AvgIpc) is 2.13. The summed E-state index contributed by atoms with van der Waals surface area (Å²) in [7, 11) is 0. The lowest BCUT2D eigenvalue weighted by molar-refractivity contribution is -0.157. The maximum Gasteiger partial charge on any atom is 0.334 e. The van der Waals surface area contributed by atoms with Crippen molar-refractivity contribution in [3.05, 3.63) is 11.1 Å². The number of carbonyl (C=O) groups is 1. The van der Waals surface area contributed by atoms with Crippen LogP contribution in [0.2, 0.25) is 0 Å². The largest absolute Gasteiger partial charge is 0.427 e. The number of carbonyl (C=O) groups excluding carboxylic acids is 1. The third-order valence-electron chi connectivity index (χ3n) is 1.02. The highest BCUT2D eigenvalue weighted by Gasteiger charge is 2.24. The van der Waals surface area contributed by atoms with E-state index in [1.54, 1.807) is 6.92 Å². The van der Waals surface area contributed by atoms with Crippen molar-refractivity contribution < 1.29 is 14.3 Å². The Bertz CT molecular complexity index is 176. The predicted molar refractivity (Wildman–Crippen MR) is 35.4 cm³/mol. The second kappa shape index (κ2) is 3.03. The van der Waals surface area contributed by atoms with E-state index < -0.39 is 12.3 Å². The summed E-state index contributed by atoms with van der Waals surface area (Å²) in [4.78, 5) is 10.5. The fraction of sp³-hybridized carbons (Fsp3) is 0.500. The molecule has 1 heterocycles. The highest BCUT2D eigenvalue weighted by atomic mass is 35.5. The fourth-order valence-corrected chi connectivity index (χ4v) is 0.838. The van der Waals surface area contributed by atoms with E-state index in [9.17, 15) is 4.79 Å². The quantitative estimate of drug-likeness (QED) is 0.569. The van der Waals surface area contributed by atoms with E-state index in [1.165, 1.54) is 6.08 Å². The van der Waals surface area contributed by atoms with Crippen molar-refractivity contribution in [2.45, 2.75) is 13.2 Å². The molecule has 0 N–H and O–H groups in total. The normalized spacial score (nSPS) is 24.4. The molecule has 0 spiro atoms. The first kappa shape index (κ1) is 7.57. The van der Waals surface area contributed by atoms with Gasteiger partial charge < -0.3 is 9.47 Å². The molecule has 1 atom stereocenters. The van der Waals surface area contributed by atoms with Gasteiger partial charge in [0.2, 0.25) is 6.29 Å². The molecule has 0 aliphatic carbocycles. The van der Waals surface area contributed by atoms with Crippen molar-refractivity contribution >= 4 is 17.6 Å². The summed E-state index contributed by atoms with van der Waals surface area (Å²) in [6.07, 6.45) is 0.543. The van der Waals surface area contributed by atoms with Gasteiger partial charge in [0, 0.05) is 12.7 Å². The molecule has 0 aromatic carbocycles. The molecule has 0 bridgehead atoms. The van der Waals surface area contributed by atoms with Crippen LogP contribution < -0.4 is 0 Å². The molecule has 0 fully saturated rings. The second-order valence-electron chi connectivity index (χ2n) is 1.75. The molecule has 3 nitrogen and oxygen atoms in total. The topological polar surface area (TPSA) is 35.5 Å². The molecule has 1 rings (SSSR count). The lowest BCUT2D eigenvalue weighted by Crippen LogP contribution is -2.13. The Balaban J connectivity index is 2.51. The van der Waals surface area contributed by atoms with Crippen LogP contribution in [0.5, 0.6) is 0 Å². The van der Waals surface area contributed by atoms with Gasteiger partial charge >= 0.3 is 5.97 Å². The van der Waals surface area contributed by atoms with Crippen molar-refractivity contribution in [2.24, 2.45) is 0 Å². The smallest absolute Gasteiger partial charge is 0.334 e. The zero-order valence-corrected chi connectivity index (χ0v) is 6.22. The minimum atomic E-state index is -0.667. The van der Waals surface area contributed by atoms with Crippen LogP contribution in [-0.2, 0) is 14.3 Å². The van der Waals surface area contributed by atoms with Crippen LogP contribution in [0.1, 0.15) is 6.92 Å². The molecule has 1 unspecified atom stereocenters. The molecular formula is C6H7ClO3. The second-order valence-corrected chi connectivity index (χ2v) is 2.19. The molecule has 0 amide bonds. The lowest BCUT2D eigenvalue weighted by Gasteiger charge is -2.08. The highest BCUT2D eigenvalue weighted by molar-refractivity contribution is 6.32. The molecule has 10 heavy (non-hydrogen) atoms. The molecule has 4 heteroatoms. The lowest BCUT2D eigenvalue weighted by atomic mass is 10.5. The van der Waals surface area contributed by atoms with Crippen LogP contribution in [0, 0.1) is 0 Å². The molecule has 0 saturated carbocycles. The van der Waals surface area contributed by atoms with Crippen molar-refractivity contribution in [2.75, 3.05) is 6.61 Å². The van der Waals surface area contributed by atoms with Crippen LogP contribution in [-0.4, -0.2) is 18.9 Å². The number of ether oxygens (including phenoxy) is 2. The highest BCUT2D eigenvalue weighted by Crippen LogP contribution is 2.19. The van der Waals surface area contributed by atoms with Gasteiger partial charge in [-0.1, -0.05) is 11.6 Å². The monoisotopic (exact) mass is 162 g/mol. The number of hydrogen-bond donors (Lipinski definition) is 0. The van der Waals surface area contributed by atoms with Gasteiger partial charge in [-0.25, -0.2) is 4.79 Å². The first-order chi connectivity index (χ1) is 4.74.